The summed E-state index contributed by atoms with van der Waals surface area (Å²) >= 11 is 0. The zero-order valence-corrected chi connectivity index (χ0v) is 10.8. The third-order valence-electron chi connectivity index (χ3n) is 2.84. The number of rotatable bonds is 6. The fourth-order valence-corrected chi connectivity index (χ4v) is 1.86. The van der Waals surface area contributed by atoms with Crippen molar-refractivity contribution in [3.8, 4) is 0 Å². The number of hydrogen-bond acceptors (Lipinski definition) is 5. The van der Waals surface area contributed by atoms with Gasteiger partial charge in [0.2, 0.25) is 0 Å². The van der Waals surface area contributed by atoms with Crippen molar-refractivity contribution in [2.75, 3.05) is 25.0 Å². The van der Waals surface area contributed by atoms with Crippen LogP contribution in [0.2, 0.25) is 0 Å². The van der Waals surface area contributed by atoms with E-state index in [0.717, 1.165) is 19.4 Å². The van der Waals surface area contributed by atoms with Crippen LogP contribution in [0.15, 0.2) is 25.0 Å². The highest BCUT2D eigenvalue weighted by atomic mass is 16.5. The van der Waals surface area contributed by atoms with Crippen molar-refractivity contribution >= 4 is 11.7 Å². The fraction of sp³-hybridized carbons (Fsp3) is 0.462. The summed E-state index contributed by atoms with van der Waals surface area (Å²) in [4.78, 5) is 19.9. The Bertz CT molecular complexity index is 444. The molecule has 0 bridgehead atoms. The van der Waals surface area contributed by atoms with Gasteiger partial charge < -0.3 is 15.4 Å². The maximum atomic E-state index is 11.9. The lowest BCUT2D eigenvalue weighted by molar-refractivity contribution is 0.0853. The molecule has 0 spiro atoms. The minimum Gasteiger partial charge on any atom is -0.376 e. The molecule has 6 nitrogen and oxygen atoms in total. The Morgan fingerprint density at radius 3 is 3.21 bits per heavy atom. The molecule has 0 aliphatic carbocycles. The first-order valence-electron chi connectivity index (χ1n) is 6.36. The number of hydrogen-bond donors (Lipinski definition) is 2. The van der Waals surface area contributed by atoms with Crippen molar-refractivity contribution in [3.63, 3.8) is 0 Å². The van der Waals surface area contributed by atoms with Gasteiger partial charge in [0.05, 0.1) is 6.10 Å². The molecule has 6 heteroatoms. The molecule has 102 valence electrons. The van der Waals surface area contributed by atoms with Crippen molar-refractivity contribution in [1.29, 1.82) is 0 Å². The molecule has 1 amide bonds. The lowest BCUT2D eigenvalue weighted by Gasteiger charge is -2.10. The lowest BCUT2D eigenvalue weighted by Crippen LogP contribution is -2.32. The van der Waals surface area contributed by atoms with Gasteiger partial charge in [-0.25, -0.2) is 9.97 Å². The standard InChI is InChI=1S/C13H18N4O2/c1-2-5-14-12-7-11(16-9-17-12)13(18)15-8-10-4-3-6-19-10/h2,7,9-10H,1,3-6,8H2,(H,15,18)(H,14,16,17). The van der Waals surface area contributed by atoms with Gasteiger partial charge in [-0.3, -0.25) is 4.79 Å². The van der Waals surface area contributed by atoms with Crippen molar-refractivity contribution in [2.45, 2.75) is 18.9 Å². The van der Waals surface area contributed by atoms with Gasteiger partial charge in [0, 0.05) is 25.8 Å². The molecule has 0 radical (unpaired) electrons. The first-order valence-corrected chi connectivity index (χ1v) is 6.36. The molecule has 1 fully saturated rings. The van der Waals surface area contributed by atoms with E-state index in [1.165, 1.54) is 6.33 Å². The SMILES string of the molecule is C=CCNc1cc(C(=O)NCC2CCCO2)ncn1. The van der Waals surface area contributed by atoms with Crippen LogP contribution in [0.5, 0.6) is 0 Å². The van der Waals surface area contributed by atoms with Gasteiger partial charge in [0.25, 0.3) is 5.91 Å². The second kappa shape index (κ2) is 6.84. The minimum absolute atomic E-state index is 0.129. The molecular formula is C13H18N4O2. The second-order valence-electron chi connectivity index (χ2n) is 4.30. The number of amides is 1. The number of nitrogens with zero attached hydrogens (tertiary/aromatic N) is 2. The fourth-order valence-electron chi connectivity index (χ4n) is 1.86. The Kier molecular flexibility index (Phi) is 4.85. The van der Waals surface area contributed by atoms with Crippen molar-refractivity contribution in [2.24, 2.45) is 0 Å². The van der Waals surface area contributed by atoms with E-state index in [-0.39, 0.29) is 12.0 Å². The van der Waals surface area contributed by atoms with E-state index in [9.17, 15) is 4.79 Å². The Balaban J connectivity index is 1.88. The maximum Gasteiger partial charge on any atom is 0.270 e. The highest BCUT2D eigenvalue weighted by Crippen LogP contribution is 2.11. The largest absolute Gasteiger partial charge is 0.376 e. The van der Waals surface area contributed by atoms with Crippen LogP contribution >= 0.6 is 0 Å². The van der Waals surface area contributed by atoms with Gasteiger partial charge >= 0.3 is 0 Å². The van der Waals surface area contributed by atoms with Gasteiger partial charge in [-0.15, -0.1) is 6.58 Å². The van der Waals surface area contributed by atoms with E-state index in [4.69, 9.17) is 4.74 Å². The molecule has 1 aromatic heterocycles. The predicted molar refractivity (Wildman–Crippen MR) is 72.0 cm³/mol. The second-order valence-corrected chi connectivity index (χ2v) is 4.30. The van der Waals surface area contributed by atoms with Crippen LogP contribution in [-0.2, 0) is 4.74 Å². The summed E-state index contributed by atoms with van der Waals surface area (Å²) in [5.41, 5.74) is 0.347. The van der Waals surface area contributed by atoms with Crippen LogP contribution in [-0.4, -0.2) is 41.7 Å². The van der Waals surface area contributed by atoms with E-state index in [1.54, 1.807) is 12.1 Å². The van der Waals surface area contributed by atoms with Gasteiger partial charge in [0.15, 0.2) is 0 Å². The summed E-state index contributed by atoms with van der Waals surface area (Å²) in [5, 5.41) is 5.83. The van der Waals surface area contributed by atoms with Crippen LogP contribution in [0, 0.1) is 0 Å². The van der Waals surface area contributed by atoms with Gasteiger partial charge in [-0.1, -0.05) is 6.08 Å². The van der Waals surface area contributed by atoms with E-state index in [1.807, 2.05) is 0 Å². The average Bonchev–Trinajstić information content (AvgIpc) is 2.96. The summed E-state index contributed by atoms with van der Waals surface area (Å²) in [6, 6.07) is 1.62. The Morgan fingerprint density at radius 2 is 2.47 bits per heavy atom. The molecule has 1 unspecified atom stereocenters. The molecular weight excluding hydrogens is 244 g/mol. The summed E-state index contributed by atoms with van der Waals surface area (Å²) in [7, 11) is 0. The predicted octanol–water partition coefficient (Wildman–Crippen LogP) is 0.983. The van der Waals surface area contributed by atoms with E-state index in [2.05, 4.69) is 27.2 Å². The quantitative estimate of drug-likeness (QED) is 0.747. The lowest BCUT2D eigenvalue weighted by atomic mass is 10.2. The Morgan fingerprint density at radius 1 is 1.58 bits per heavy atom. The maximum absolute atomic E-state index is 11.9. The van der Waals surface area contributed by atoms with Crippen LogP contribution < -0.4 is 10.6 Å². The summed E-state index contributed by atoms with van der Waals surface area (Å²) < 4.78 is 5.45. The number of aromatic nitrogens is 2. The molecule has 2 rings (SSSR count). The average molecular weight is 262 g/mol. The summed E-state index contributed by atoms with van der Waals surface area (Å²) in [6.45, 7) is 5.51. The minimum atomic E-state index is -0.209. The van der Waals surface area contributed by atoms with Crippen molar-refractivity contribution < 1.29 is 9.53 Å². The first kappa shape index (κ1) is 13.5. The molecule has 1 aliphatic heterocycles. The molecule has 2 N–H and O–H groups in total. The summed E-state index contributed by atoms with van der Waals surface area (Å²) in [5.74, 6) is 0.400. The highest BCUT2D eigenvalue weighted by Gasteiger charge is 2.17. The smallest absolute Gasteiger partial charge is 0.270 e. The van der Waals surface area contributed by atoms with Crippen LogP contribution in [0.3, 0.4) is 0 Å². The monoisotopic (exact) mass is 262 g/mol. The summed E-state index contributed by atoms with van der Waals surface area (Å²) in [6.07, 6.45) is 5.27. The normalized spacial score (nSPS) is 18.0. The molecule has 1 aromatic rings. The van der Waals surface area contributed by atoms with Gasteiger partial charge in [-0.2, -0.15) is 0 Å². The zero-order valence-electron chi connectivity index (χ0n) is 10.8. The third-order valence-corrected chi connectivity index (χ3v) is 2.84. The molecule has 0 saturated carbocycles. The van der Waals surface area contributed by atoms with Gasteiger partial charge in [-0.05, 0) is 12.8 Å². The van der Waals surface area contributed by atoms with Crippen molar-refractivity contribution in [3.05, 3.63) is 30.7 Å². The van der Waals surface area contributed by atoms with Crippen LogP contribution in [0.25, 0.3) is 0 Å². The van der Waals surface area contributed by atoms with Crippen molar-refractivity contribution in [1.82, 2.24) is 15.3 Å². The number of carbonyl (C=O) groups excluding carboxylic acids is 1. The first-order chi connectivity index (χ1) is 9.29. The molecule has 1 aliphatic rings. The topological polar surface area (TPSA) is 76.1 Å². The molecule has 1 saturated heterocycles. The van der Waals surface area contributed by atoms with Gasteiger partial charge in [0.1, 0.15) is 17.8 Å². The number of carbonyl (C=O) groups is 1. The number of ether oxygens (including phenoxy) is 1. The molecule has 19 heavy (non-hydrogen) atoms. The highest BCUT2D eigenvalue weighted by molar-refractivity contribution is 5.92. The van der Waals surface area contributed by atoms with E-state index in [0.29, 0.717) is 24.6 Å². The Labute approximate surface area is 112 Å². The zero-order chi connectivity index (χ0) is 13.5. The molecule has 2 heterocycles. The Hall–Kier alpha value is -1.95. The molecule has 1 atom stereocenters. The number of nitrogens with one attached hydrogen (secondary N) is 2. The molecule has 0 aromatic carbocycles. The van der Waals surface area contributed by atoms with Crippen LogP contribution in [0.4, 0.5) is 5.82 Å². The third kappa shape index (κ3) is 4.03. The number of anilines is 1. The van der Waals surface area contributed by atoms with E-state index >= 15 is 0 Å². The van der Waals surface area contributed by atoms with E-state index < -0.39 is 0 Å². The van der Waals surface area contributed by atoms with Crippen LogP contribution in [0.1, 0.15) is 23.3 Å².